The van der Waals surface area contributed by atoms with Crippen LogP contribution in [0.15, 0.2) is 12.2 Å². The van der Waals surface area contributed by atoms with E-state index in [4.69, 9.17) is 0 Å². The largest absolute Gasteiger partial charge is 0.394 e. The number of nitrogens with one attached hydrogen (secondary N) is 1. The number of unbranched alkanes of at least 4 members (excludes halogenated alkanes) is 52. The molecule has 0 fully saturated rings. The Labute approximate surface area is 435 Å². The Hall–Kier alpha value is -0.870. The molecule has 0 spiro atoms. The number of allylic oxidation sites excluding steroid dienone is 2. The lowest BCUT2D eigenvalue weighted by atomic mass is 10.0. The summed E-state index contributed by atoms with van der Waals surface area (Å²) in [4.78, 5) is 12.5. The van der Waals surface area contributed by atoms with E-state index in [1.54, 1.807) is 0 Å². The van der Waals surface area contributed by atoms with Crippen molar-refractivity contribution in [3.63, 3.8) is 0 Å². The van der Waals surface area contributed by atoms with Gasteiger partial charge >= 0.3 is 0 Å². The average Bonchev–Trinajstić information content (AvgIpc) is 3.35. The van der Waals surface area contributed by atoms with Gasteiger partial charge in [0, 0.05) is 6.42 Å². The number of hydrogen-bond acceptors (Lipinski definition) is 3. The third-order valence-electron chi connectivity index (χ3n) is 15.5. The zero-order valence-electron chi connectivity index (χ0n) is 47.6. The predicted octanol–water partition coefficient (Wildman–Crippen LogP) is 21.7. The monoisotopic (exact) mass is 972 g/mol. The smallest absolute Gasteiger partial charge is 0.220 e. The number of carbonyl (C=O) groups excluding carboxylic acids is 1. The second kappa shape index (κ2) is 61.4. The fourth-order valence-corrected chi connectivity index (χ4v) is 10.6. The van der Waals surface area contributed by atoms with Gasteiger partial charge in [-0.3, -0.25) is 4.79 Å². The molecule has 4 nitrogen and oxygen atoms in total. The lowest BCUT2D eigenvalue weighted by molar-refractivity contribution is -0.123. The number of aliphatic hydroxyl groups excluding tert-OH is 2. The second-order valence-corrected chi connectivity index (χ2v) is 22.5. The van der Waals surface area contributed by atoms with E-state index in [-0.39, 0.29) is 12.5 Å². The van der Waals surface area contributed by atoms with Gasteiger partial charge in [-0.25, -0.2) is 0 Å². The Balaban J connectivity index is 3.34. The molecule has 0 radical (unpaired) electrons. The van der Waals surface area contributed by atoms with Gasteiger partial charge in [-0.1, -0.05) is 347 Å². The molecule has 0 aromatic carbocycles. The van der Waals surface area contributed by atoms with Crippen molar-refractivity contribution in [2.24, 2.45) is 0 Å². The van der Waals surface area contributed by atoms with Gasteiger partial charge in [-0.05, 0) is 38.5 Å². The maximum atomic E-state index is 12.5. The summed E-state index contributed by atoms with van der Waals surface area (Å²) in [5, 5.41) is 23.4. The van der Waals surface area contributed by atoms with Crippen LogP contribution in [0.5, 0.6) is 0 Å². The molecule has 1 amide bonds. The fraction of sp³-hybridized carbons (Fsp3) is 0.954. The standard InChI is InChI=1S/C65H129NO3/c1-3-5-7-9-11-13-15-17-19-21-23-24-25-26-27-28-29-30-31-32-33-34-35-36-37-38-39-40-41-42-43-45-47-49-51-53-55-57-59-61-65(69)66-63(62-67)64(68)60-58-56-54-52-50-48-46-44-22-20-18-16-14-12-10-8-6-4-2/h21,23,63-64,67-68H,3-20,22,24-62H2,1-2H3,(H,66,69)/b23-21-. The molecule has 0 aliphatic carbocycles. The van der Waals surface area contributed by atoms with Crippen molar-refractivity contribution in [1.82, 2.24) is 5.32 Å². The number of amides is 1. The van der Waals surface area contributed by atoms with Crippen LogP contribution in [0.2, 0.25) is 0 Å². The molecule has 2 atom stereocenters. The molecular weight excluding hydrogens is 843 g/mol. The molecule has 0 aromatic heterocycles. The molecule has 0 rings (SSSR count). The van der Waals surface area contributed by atoms with Crippen molar-refractivity contribution in [2.75, 3.05) is 6.61 Å². The highest BCUT2D eigenvalue weighted by Crippen LogP contribution is 2.19. The van der Waals surface area contributed by atoms with Crippen LogP contribution < -0.4 is 5.32 Å². The summed E-state index contributed by atoms with van der Waals surface area (Å²) in [6, 6.07) is -0.532. The Morgan fingerprint density at radius 1 is 0.333 bits per heavy atom. The molecule has 0 aliphatic heterocycles. The molecule has 0 bridgehead atoms. The fourth-order valence-electron chi connectivity index (χ4n) is 10.6. The molecule has 0 heterocycles. The molecule has 412 valence electrons. The van der Waals surface area contributed by atoms with Gasteiger partial charge in [-0.2, -0.15) is 0 Å². The van der Waals surface area contributed by atoms with Gasteiger partial charge in [0.15, 0.2) is 0 Å². The van der Waals surface area contributed by atoms with Crippen molar-refractivity contribution in [3.05, 3.63) is 12.2 Å². The molecule has 0 saturated carbocycles. The highest BCUT2D eigenvalue weighted by molar-refractivity contribution is 5.76. The molecule has 4 heteroatoms. The van der Waals surface area contributed by atoms with Crippen LogP contribution in [0.25, 0.3) is 0 Å². The first-order chi connectivity index (χ1) is 34.2. The third-order valence-corrected chi connectivity index (χ3v) is 15.5. The van der Waals surface area contributed by atoms with E-state index in [9.17, 15) is 15.0 Å². The highest BCUT2D eigenvalue weighted by Gasteiger charge is 2.20. The van der Waals surface area contributed by atoms with Crippen molar-refractivity contribution >= 4 is 5.91 Å². The zero-order chi connectivity index (χ0) is 49.9. The van der Waals surface area contributed by atoms with Crippen LogP contribution in [0, 0.1) is 0 Å². The van der Waals surface area contributed by atoms with E-state index in [1.807, 2.05) is 0 Å². The second-order valence-electron chi connectivity index (χ2n) is 22.5. The zero-order valence-corrected chi connectivity index (χ0v) is 47.6. The van der Waals surface area contributed by atoms with E-state index in [0.717, 1.165) is 25.7 Å². The van der Waals surface area contributed by atoms with Crippen molar-refractivity contribution in [1.29, 1.82) is 0 Å². The van der Waals surface area contributed by atoms with Crippen molar-refractivity contribution in [3.8, 4) is 0 Å². The summed E-state index contributed by atoms with van der Waals surface area (Å²) in [5.74, 6) is -0.0219. The minimum absolute atomic E-state index is 0.0219. The van der Waals surface area contributed by atoms with E-state index in [2.05, 4.69) is 31.3 Å². The summed E-state index contributed by atoms with van der Waals surface area (Å²) >= 11 is 0. The van der Waals surface area contributed by atoms with E-state index < -0.39 is 12.1 Å². The minimum Gasteiger partial charge on any atom is -0.394 e. The van der Waals surface area contributed by atoms with Crippen molar-refractivity contribution < 1.29 is 15.0 Å². The molecule has 2 unspecified atom stereocenters. The quantitative estimate of drug-likeness (QED) is 0.0420. The normalized spacial score (nSPS) is 12.7. The van der Waals surface area contributed by atoms with Gasteiger partial charge < -0.3 is 15.5 Å². The molecule has 0 aromatic rings. The topological polar surface area (TPSA) is 69.6 Å². The van der Waals surface area contributed by atoms with E-state index in [0.29, 0.717) is 12.8 Å². The van der Waals surface area contributed by atoms with Crippen LogP contribution in [0.1, 0.15) is 380 Å². The Morgan fingerprint density at radius 2 is 0.551 bits per heavy atom. The van der Waals surface area contributed by atoms with Crippen molar-refractivity contribution in [2.45, 2.75) is 392 Å². The van der Waals surface area contributed by atoms with Gasteiger partial charge in [0.25, 0.3) is 0 Å². The molecule has 3 N–H and O–H groups in total. The minimum atomic E-state index is -0.656. The summed E-state index contributed by atoms with van der Waals surface area (Å²) < 4.78 is 0. The summed E-state index contributed by atoms with van der Waals surface area (Å²) in [6.45, 7) is 4.40. The molecule has 0 aliphatic rings. The lowest BCUT2D eigenvalue weighted by Gasteiger charge is -2.22. The first-order valence-electron chi connectivity index (χ1n) is 32.4. The van der Waals surface area contributed by atoms with E-state index >= 15 is 0 Å². The Bertz CT molecular complexity index is 967. The maximum Gasteiger partial charge on any atom is 0.220 e. The molecule has 69 heavy (non-hydrogen) atoms. The maximum absolute atomic E-state index is 12.5. The molecular formula is C65H129NO3. The Kier molecular flexibility index (Phi) is 60.7. The molecule has 0 saturated heterocycles. The lowest BCUT2D eigenvalue weighted by Crippen LogP contribution is -2.45. The van der Waals surface area contributed by atoms with Gasteiger partial charge in [0.05, 0.1) is 18.8 Å². The van der Waals surface area contributed by atoms with Crippen LogP contribution >= 0.6 is 0 Å². The van der Waals surface area contributed by atoms with Gasteiger partial charge in [0.2, 0.25) is 5.91 Å². The summed E-state index contributed by atoms with van der Waals surface area (Å²) in [6.07, 6.45) is 81.1. The highest BCUT2D eigenvalue weighted by atomic mass is 16.3. The van der Waals surface area contributed by atoms with Crippen LogP contribution in [0.3, 0.4) is 0 Å². The number of rotatable bonds is 61. The predicted molar refractivity (Wildman–Crippen MR) is 309 cm³/mol. The average molecular weight is 973 g/mol. The van der Waals surface area contributed by atoms with Gasteiger partial charge in [-0.15, -0.1) is 0 Å². The van der Waals surface area contributed by atoms with Crippen LogP contribution in [-0.4, -0.2) is 34.9 Å². The van der Waals surface area contributed by atoms with E-state index in [1.165, 1.54) is 327 Å². The van der Waals surface area contributed by atoms with Crippen LogP contribution in [0.4, 0.5) is 0 Å². The SMILES string of the molecule is CCCCCCCCCC/C=C\CCCCCCCCCCCCCCCCCCCCCCCCCCCCCC(=O)NC(CO)C(O)CCCCCCCCCCCCCCCCCCCC. The Morgan fingerprint density at radius 3 is 0.797 bits per heavy atom. The van der Waals surface area contributed by atoms with Crippen LogP contribution in [-0.2, 0) is 4.79 Å². The number of hydrogen-bond donors (Lipinski definition) is 3. The first kappa shape index (κ1) is 68.1. The number of aliphatic hydroxyl groups is 2. The number of carbonyl (C=O) groups is 1. The summed E-state index contributed by atoms with van der Waals surface area (Å²) in [5.41, 5.74) is 0. The third kappa shape index (κ3) is 57.9. The first-order valence-corrected chi connectivity index (χ1v) is 32.4. The van der Waals surface area contributed by atoms with Gasteiger partial charge in [0.1, 0.15) is 0 Å². The summed E-state index contributed by atoms with van der Waals surface area (Å²) in [7, 11) is 0.